The fourth-order valence-corrected chi connectivity index (χ4v) is 2.89. The van der Waals surface area contributed by atoms with Crippen molar-refractivity contribution in [1.82, 2.24) is 5.32 Å². The lowest BCUT2D eigenvalue weighted by atomic mass is 9.95. The summed E-state index contributed by atoms with van der Waals surface area (Å²) in [6.07, 6.45) is 2.06. The van der Waals surface area contributed by atoms with Crippen LogP contribution in [-0.4, -0.2) is 24.1 Å². The standard InChI is InChI=1S/C16H21NO4/c1-21-10-12-5-2-4-11(8-12)9-17-15(18)13-6-3-7-14(13)16(19)20/h2,4-5,8,13-14H,3,6-7,9-10H2,1H3,(H,17,18)(H,19,20)/t13-,14+/m1/s1. The molecule has 0 unspecified atom stereocenters. The number of carboxylic acids is 1. The molecule has 1 amide bonds. The second-order valence-electron chi connectivity index (χ2n) is 5.45. The highest BCUT2D eigenvalue weighted by Crippen LogP contribution is 2.32. The molecule has 2 N–H and O–H groups in total. The van der Waals surface area contributed by atoms with Gasteiger partial charge in [0.2, 0.25) is 5.91 Å². The molecule has 0 spiro atoms. The van der Waals surface area contributed by atoms with Crippen LogP contribution in [0.4, 0.5) is 0 Å². The van der Waals surface area contributed by atoms with Crippen LogP contribution in [0, 0.1) is 11.8 Å². The summed E-state index contributed by atoms with van der Waals surface area (Å²) in [4.78, 5) is 23.3. The summed E-state index contributed by atoms with van der Waals surface area (Å²) in [5.74, 6) is -1.96. The Labute approximate surface area is 124 Å². The number of rotatable bonds is 6. The van der Waals surface area contributed by atoms with Gasteiger partial charge in [-0.05, 0) is 24.0 Å². The van der Waals surface area contributed by atoms with Crippen molar-refractivity contribution in [1.29, 1.82) is 0 Å². The molecule has 0 aliphatic heterocycles. The van der Waals surface area contributed by atoms with E-state index in [1.54, 1.807) is 7.11 Å². The molecular weight excluding hydrogens is 270 g/mol. The average Bonchev–Trinajstić information content (AvgIpc) is 2.95. The van der Waals surface area contributed by atoms with Crippen LogP contribution in [0.15, 0.2) is 24.3 Å². The number of carbonyl (C=O) groups is 2. The van der Waals surface area contributed by atoms with Crippen LogP contribution >= 0.6 is 0 Å². The molecule has 5 heteroatoms. The number of amides is 1. The van der Waals surface area contributed by atoms with Crippen LogP contribution < -0.4 is 5.32 Å². The molecule has 1 aromatic carbocycles. The molecule has 1 aliphatic rings. The van der Waals surface area contributed by atoms with Gasteiger partial charge in [0.05, 0.1) is 18.4 Å². The molecule has 2 atom stereocenters. The summed E-state index contributed by atoms with van der Waals surface area (Å²) >= 11 is 0. The van der Waals surface area contributed by atoms with E-state index in [9.17, 15) is 9.59 Å². The lowest BCUT2D eigenvalue weighted by Gasteiger charge is -2.15. The molecule has 21 heavy (non-hydrogen) atoms. The van der Waals surface area contributed by atoms with Gasteiger partial charge in [-0.15, -0.1) is 0 Å². The minimum absolute atomic E-state index is 0.156. The molecule has 5 nitrogen and oxygen atoms in total. The van der Waals surface area contributed by atoms with Crippen molar-refractivity contribution in [3.8, 4) is 0 Å². The summed E-state index contributed by atoms with van der Waals surface area (Å²) in [6.45, 7) is 0.949. The molecule has 1 fully saturated rings. The lowest BCUT2D eigenvalue weighted by Crippen LogP contribution is -2.34. The maximum atomic E-state index is 12.1. The molecule has 1 aliphatic carbocycles. The molecular formula is C16H21NO4. The van der Waals surface area contributed by atoms with Gasteiger partial charge in [-0.2, -0.15) is 0 Å². The van der Waals surface area contributed by atoms with Crippen molar-refractivity contribution >= 4 is 11.9 Å². The summed E-state index contributed by atoms with van der Waals surface area (Å²) in [5, 5.41) is 12.0. The third kappa shape index (κ3) is 4.04. The van der Waals surface area contributed by atoms with E-state index >= 15 is 0 Å². The highest BCUT2D eigenvalue weighted by Gasteiger charge is 2.37. The SMILES string of the molecule is COCc1cccc(CNC(=O)[C@@H]2CCC[C@@H]2C(=O)O)c1. The third-order valence-electron chi connectivity index (χ3n) is 3.94. The number of aliphatic carboxylic acids is 1. The second-order valence-corrected chi connectivity index (χ2v) is 5.45. The Bertz CT molecular complexity index is 515. The maximum absolute atomic E-state index is 12.1. The average molecular weight is 291 g/mol. The van der Waals surface area contributed by atoms with Crippen molar-refractivity contribution < 1.29 is 19.4 Å². The van der Waals surface area contributed by atoms with Crippen molar-refractivity contribution in [2.75, 3.05) is 7.11 Å². The van der Waals surface area contributed by atoms with E-state index in [1.807, 2.05) is 24.3 Å². The minimum Gasteiger partial charge on any atom is -0.481 e. The molecule has 1 saturated carbocycles. The van der Waals surface area contributed by atoms with Crippen LogP contribution in [0.3, 0.4) is 0 Å². The van der Waals surface area contributed by atoms with Gasteiger partial charge >= 0.3 is 5.97 Å². The molecule has 0 bridgehead atoms. The van der Waals surface area contributed by atoms with Crippen molar-refractivity contribution in [2.45, 2.75) is 32.4 Å². The summed E-state index contributed by atoms with van der Waals surface area (Å²) in [7, 11) is 1.64. The van der Waals surface area contributed by atoms with E-state index in [4.69, 9.17) is 9.84 Å². The number of carboxylic acid groups (broad SMARTS) is 1. The van der Waals surface area contributed by atoms with Gasteiger partial charge < -0.3 is 15.2 Å². The van der Waals surface area contributed by atoms with Gasteiger partial charge in [0.1, 0.15) is 0 Å². The van der Waals surface area contributed by atoms with Crippen LogP contribution in [0.2, 0.25) is 0 Å². The Morgan fingerprint density at radius 3 is 2.71 bits per heavy atom. The predicted octanol–water partition coefficient (Wildman–Crippen LogP) is 1.95. The van der Waals surface area contributed by atoms with Crippen LogP contribution in [0.5, 0.6) is 0 Å². The predicted molar refractivity (Wildman–Crippen MR) is 77.5 cm³/mol. The fourth-order valence-electron chi connectivity index (χ4n) is 2.89. The zero-order valence-electron chi connectivity index (χ0n) is 12.2. The van der Waals surface area contributed by atoms with Crippen molar-refractivity contribution in [3.63, 3.8) is 0 Å². The topological polar surface area (TPSA) is 75.6 Å². The van der Waals surface area contributed by atoms with E-state index in [0.29, 0.717) is 26.0 Å². The fraction of sp³-hybridized carbons (Fsp3) is 0.500. The van der Waals surface area contributed by atoms with E-state index < -0.39 is 17.8 Å². The lowest BCUT2D eigenvalue weighted by molar-refractivity contribution is -0.146. The Morgan fingerprint density at radius 2 is 2.00 bits per heavy atom. The van der Waals surface area contributed by atoms with Crippen LogP contribution in [0.1, 0.15) is 30.4 Å². The Kier molecular flexibility index (Phi) is 5.33. The zero-order chi connectivity index (χ0) is 15.2. The van der Waals surface area contributed by atoms with Crippen LogP contribution in [-0.2, 0) is 27.5 Å². The number of benzene rings is 1. The first-order valence-electron chi connectivity index (χ1n) is 7.19. The van der Waals surface area contributed by atoms with Gasteiger partial charge in [-0.1, -0.05) is 30.7 Å². The van der Waals surface area contributed by atoms with Gasteiger partial charge in [0, 0.05) is 13.7 Å². The van der Waals surface area contributed by atoms with E-state index in [-0.39, 0.29) is 5.91 Å². The van der Waals surface area contributed by atoms with E-state index in [0.717, 1.165) is 17.5 Å². The number of nitrogens with one attached hydrogen (secondary N) is 1. The molecule has 114 valence electrons. The van der Waals surface area contributed by atoms with Gasteiger partial charge in [-0.3, -0.25) is 9.59 Å². The minimum atomic E-state index is -0.866. The highest BCUT2D eigenvalue weighted by molar-refractivity contribution is 5.85. The molecule has 0 aromatic heterocycles. The Morgan fingerprint density at radius 1 is 1.29 bits per heavy atom. The largest absolute Gasteiger partial charge is 0.481 e. The molecule has 0 heterocycles. The summed E-state index contributed by atoms with van der Waals surface area (Å²) < 4.78 is 5.08. The Hall–Kier alpha value is -1.88. The molecule has 0 saturated heterocycles. The zero-order valence-corrected chi connectivity index (χ0v) is 12.2. The Balaban J connectivity index is 1.91. The van der Waals surface area contributed by atoms with Gasteiger partial charge in [0.25, 0.3) is 0 Å². The first-order chi connectivity index (χ1) is 10.1. The van der Waals surface area contributed by atoms with Gasteiger partial charge in [0.15, 0.2) is 0 Å². The number of hydrogen-bond acceptors (Lipinski definition) is 3. The first-order valence-corrected chi connectivity index (χ1v) is 7.19. The third-order valence-corrected chi connectivity index (χ3v) is 3.94. The first kappa shape index (κ1) is 15.5. The van der Waals surface area contributed by atoms with E-state index in [1.165, 1.54) is 0 Å². The smallest absolute Gasteiger partial charge is 0.307 e. The monoisotopic (exact) mass is 291 g/mol. The van der Waals surface area contributed by atoms with Crippen LogP contribution in [0.25, 0.3) is 0 Å². The number of ether oxygens (including phenoxy) is 1. The van der Waals surface area contributed by atoms with E-state index in [2.05, 4.69) is 5.32 Å². The van der Waals surface area contributed by atoms with Gasteiger partial charge in [-0.25, -0.2) is 0 Å². The van der Waals surface area contributed by atoms with Crippen molar-refractivity contribution in [2.24, 2.45) is 11.8 Å². The molecule has 2 rings (SSSR count). The number of methoxy groups -OCH3 is 1. The van der Waals surface area contributed by atoms with Crippen molar-refractivity contribution in [3.05, 3.63) is 35.4 Å². The molecule has 1 aromatic rings. The second kappa shape index (κ2) is 7.22. The number of hydrogen-bond donors (Lipinski definition) is 2. The maximum Gasteiger partial charge on any atom is 0.307 e. The number of carbonyl (C=O) groups excluding carboxylic acids is 1. The summed E-state index contributed by atoms with van der Waals surface area (Å²) in [5.41, 5.74) is 2.04. The molecule has 0 radical (unpaired) electrons. The summed E-state index contributed by atoms with van der Waals surface area (Å²) in [6, 6.07) is 7.80. The normalized spacial score (nSPS) is 21.2. The quantitative estimate of drug-likeness (QED) is 0.840. The highest BCUT2D eigenvalue weighted by atomic mass is 16.5.